The number of hydrogen-bond acceptors (Lipinski definition) is 3. The quantitative estimate of drug-likeness (QED) is 0.881. The lowest BCUT2D eigenvalue weighted by molar-refractivity contribution is -0.113. The van der Waals surface area contributed by atoms with Crippen LogP contribution in [0, 0.1) is 5.82 Å². The fraction of sp³-hybridized carbons (Fsp3) is 0.176. The van der Waals surface area contributed by atoms with Gasteiger partial charge in [-0.2, -0.15) is 0 Å². The van der Waals surface area contributed by atoms with Crippen LogP contribution in [0.1, 0.15) is 6.42 Å². The van der Waals surface area contributed by atoms with Crippen LogP contribution in [0.3, 0.4) is 0 Å². The van der Waals surface area contributed by atoms with Crippen LogP contribution in [0.2, 0.25) is 10.0 Å². The lowest BCUT2D eigenvalue weighted by atomic mass is 10.1. The maximum absolute atomic E-state index is 13.8. The van der Waals surface area contributed by atoms with Crippen LogP contribution in [-0.2, 0) is 4.79 Å². The molecule has 2 heterocycles. The van der Waals surface area contributed by atoms with E-state index in [1.165, 1.54) is 12.1 Å². The molecule has 1 aliphatic heterocycles. The molecule has 4 nitrogen and oxygen atoms in total. The molecule has 0 radical (unpaired) electrons. The Balaban J connectivity index is 1.68. The highest BCUT2D eigenvalue weighted by atomic mass is 35.5. The summed E-state index contributed by atoms with van der Waals surface area (Å²) in [5.41, 5.74) is 0.716. The van der Waals surface area contributed by atoms with Crippen molar-refractivity contribution in [3.63, 3.8) is 0 Å². The Hall–Kier alpha value is -2.11. The van der Waals surface area contributed by atoms with Crippen molar-refractivity contribution in [2.75, 3.05) is 23.3 Å². The summed E-state index contributed by atoms with van der Waals surface area (Å²) in [6, 6.07) is 7.68. The monoisotopic (exact) mass is 365 g/mol. The number of aromatic nitrogens is 1. The zero-order chi connectivity index (χ0) is 17.1. The highest BCUT2D eigenvalue weighted by molar-refractivity contribution is 6.33. The summed E-state index contributed by atoms with van der Waals surface area (Å²) in [5, 5.41) is 3.43. The van der Waals surface area contributed by atoms with Crippen molar-refractivity contribution in [3.8, 4) is 0 Å². The second-order valence-electron chi connectivity index (χ2n) is 5.31. The topological polar surface area (TPSA) is 45.2 Å². The number of anilines is 2. The largest absolute Gasteiger partial charge is 0.351 e. The van der Waals surface area contributed by atoms with Crippen molar-refractivity contribution in [2.24, 2.45) is 0 Å². The molecule has 24 heavy (non-hydrogen) atoms. The molecule has 0 fully saturated rings. The molecule has 0 saturated heterocycles. The minimum atomic E-state index is -0.561. The van der Waals surface area contributed by atoms with Gasteiger partial charge in [-0.05, 0) is 36.8 Å². The normalized spacial score (nSPS) is 14.3. The van der Waals surface area contributed by atoms with Gasteiger partial charge in [0.25, 0.3) is 5.91 Å². The molecule has 1 aromatic heterocycles. The van der Waals surface area contributed by atoms with Crippen LogP contribution in [0.4, 0.5) is 15.9 Å². The molecule has 0 aliphatic carbocycles. The molecule has 0 bridgehead atoms. The number of hydrogen-bond donors (Lipinski definition) is 1. The van der Waals surface area contributed by atoms with Gasteiger partial charge in [-0.1, -0.05) is 29.3 Å². The van der Waals surface area contributed by atoms with Crippen LogP contribution < -0.4 is 10.2 Å². The van der Waals surface area contributed by atoms with Crippen molar-refractivity contribution in [3.05, 3.63) is 64.0 Å². The summed E-state index contributed by atoms with van der Waals surface area (Å²) in [7, 11) is 0. The molecule has 124 valence electrons. The van der Waals surface area contributed by atoms with E-state index >= 15 is 0 Å². The Morgan fingerprint density at radius 3 is 2.79 bits per heavy atom. The number of carbonyl (C=O) groups excluding carboxylic acids is 1. The SMILES string of the molecule is O=C(Nc1ccc(Cl)cc1F)C1=CCN(c2ncccc2Cl)CC1. The van der Waals surface area contributed by atoms with Crippen molar-refractivity contribution in [1.29, 1.82) is 0 Å². The summed E-state index contributed by atoms with van der Waals surface area (Å²) >= 11 is 11.8. The van der Waals surface area contributed by atoms with Crippen LogP contribution in [0.5, 0.6) is 0 Å². The predicted octanol–water partition coefficient (Wildman–Crippen LogP) is 4.30. The molecule has 2 aromatic rings. The van der Waals surface area contributed by atoms with E-state index in [0.29, 0.717) is 35.9 Å². The number of benzene rings is 1. The van der Waals surface area contributed by atoms with Crippen LogP contribution >= 0.6 is 23.2 Å². The van der Waals surface area contributed by atoms with Gasteiger partial charge >= 0.3 is 0 Å². The zero-order valence-electron chi connectivity index (χ0n) is 12.6. The lowest BCUT2D eigenvalue weighted by Gasteiger charge is -2.27. The molecular formula is C17H14Cl2FN3O. The van der Waals surface area contributed by atoms with Crippen LogP contribution in [0.25, 0.3) is 0 Å². The minimum absolute atomic E-state index is 0.112. The highest BCUT2D eigenvalue weighted by Crippen LogP contribution is 2.26. The first kappa shape index (κ1) is 16.7. The van der Waals surface area contributed by atoms with E-state index in [1.54, 1.807) is 24.4 Å². The number of halogens is 3. The number of nitrogens with zero attached hydrogens (tertiary/aromatic N) is 2. The van der Waals surface area contributed by atoms with Crippen molar-refractivity contribution >= 4 is 40.6 Å². The predicted molar refractivity (Wildman–Crippen MR) is 94.2 cm³/mol. The number of amides is 1. The standard InChI is InChI=1S/C17H14Cl2FN3O/c18-12-3-4-15(14(20)10-12)22-17(24)11-5-8-23(9-6-11)16-13(19)2-1-7-21-16/h1-5,7,10H,6,8-9H2,(H,22,24). The van der Waals surface area contributed by atoms with Gasteiger partial charge in [0.05, 0.1) is 10.7 Å². The van der Waals surface area contributed by atoms with Gasteiger partial charge < -0.3 is 10.2 Å². The Kier molecular flexibility index (Phi) is 5.02. The first-order valence-electron chi connectivity index (χ1n) is 7.35. The van der Waals surface area contributed by atoms with E-state index in [0.717, 1.165) is 6.07 Å². The van der Waals surface area contributed by atoms with E-state index in [4.69, 9.17) is 23.2 Å². The van der Waals surface area contributed by atoms with E-state index in [-0.39, 0.29) is 16.6 Å². The van der Waals surface area contributed by atoms with Gasteiger partial charge in [-0.3, -0.25) is 4.79 Å². The van der Waals surface area contributed by atoms with Gasteiger partial charge in [0.1, 0.15) is 11.6 Å². The van der Waals surface area contributed by atoms with Crippen molar-refractivity contribution in [1.82, 2.24) is 4.98 Å². The Labute approximate surface area is 148 Å². The van der Waals surface area contributed by atoms with Gasteiger partial charge in [-0.15, -0.1) is 0 Å². The van der Waals surface area contributed by atoms with E-state index in [9.17, 15) is 9.18 Å². The van der Waals surface area contributed by atoms with Crippen molar-refractivity contribution < 1.29 is 9.18 Å². The molecule has 0 spiro atoms. The molecule has 1 aliphatic rings. The maximum Gasteiger partial charge on any atom is 0.251 e. The van der Waals surface area contributed by atoms with E-state index < -0.39 is 5.82 Å². The summed E-state index contributed by atoms with van der Waals surface area (Å²) in [6.45, 7) is 1.13. The molecule has 3 rings (SSSR count). The first-order chi connectivity index (χ1) is 11.5. The zero-order valence-corrected chi connectivity index (χ0v) is 14.1. The van der Waals surface area contributed by atoms with Gasteiger partial charge in [-0.25, -0.2) is 9.37 Å². The molecule has 7 heteroatoms. The fourth-order valence-corrected chi connectivity index (χ4v) is 2.87. The van der Waals surface area contributed by atoms with Gasteiger partial charge in [0.2, 0.25) is 0 Å². The third-order valence-corrected chi connectivity index (χ3v) is 4.25. The number of nitrogens with one attached hydrogen (secondary N) is 1. The second-order valence-corrected chi connectivity index (χ2v) is 6.16. The van der Waals surface area contributed by atoms with E-state index in [2.05, 4.69) is 10.3 Å². The molecule has 0 atom stereocenters. The first-order valence-corrected chi connectivity index (χ1v) is 8.11. The third kappa shape index (κ3) is 3.68. The molecule has 1 amide bonds. The molecule has 1 aromatic carbocycles. The Bertz CT molecular complexity index is 810. The summed E-state index contributed by atoms with van der Waals surface area (Å²) in [5.74, 6) is -0.184. The average Bonchev–Trinajstić information content (AvgIpc) is 2.58. The fourth-order valence-electron chi connectivity index (χ4n) is 2.47. The molecule has 0 saturated carbocycles. The van der Waals surface area contributed by atoms with Crippen molar-refractivity contribution in [2.45, 2.75) is 6.42 Å². The van der Waals surface area contributed by atoms with Gasteiger partial charge in [0, 0.05) is 29.9 Å². The summed E-state index contributed by atoms with van der Waals surface area (Å²) < 4.78 is 13.8. The van der Waals surface area contributed by atoms with Crippen LogP contribution in [0.15, 0.2) is 48.2 Å². The lowest BCUT2D eigenvalue weighted by Crippen LogP contribution is -2.32. The maximum atomic E-state index is 13.8. The number of rotatable bonds is 3. The smallest absolute Gasteiger partial charge is 0.251 e. The summed E-state index contributed by atoms with van der Waals surface area (Å²) in [6.07, 6.45) is 4.00. The summed E-state index contributed by atoms with van der Waals surface area (Å²) in [4.78, 5) is 18.5. The Morgan fingerprint density at radius 1 is 1.29 bits per heavy atom. The average molecular weight is 366 g/mol. The van der Waals surface area contributed by atoms with E-state index in [1.807, 2.05) is 4.90 Å². The molecular weight excluding hydrogens is 352 g/mol. The third-order valence-electron chi connectivity index (χ3n) is 3.72. The molecule has 1 N–H and O–H groups in total. The van der Waals surface area contributed by atoms with Gasteiger partial charge in [0.15, 0.2) is 0 Å². The highest BCUT2D eigenvalue weighted by Gasteiger charge is 2.20. The Morgan fingerprint density at radius 2 is 2.12 bits per heavy atom. The molecule has 0 unspecified atom stereocenters. The second kappa shape index (κ2) is 7.20. The number of carbonyl (C=O) groups is 1. The van der Waals surface area contributed by atoms with Crippen LogP contribution in [-0.4, -0.2) is 24.0 Å². The minimum Gasteiger partial charge on any atom is -0.351 e. The number of pyridine rings is 1.